The first-order chi connectivity index (χ1) is 15.5. The fourth-order valence-electron chi connectivity index (χ4n) is 5.02. The van der Waals surface area contributed by atoms with E-state index in [1.165, 1.54) is 38.5 Å². The summed E-state index contributed by atoms with van der Waals surface area (Å²) in [5.74, 6) is 3.44. The average molecular weight is 576 g/mol. The quantitative estimate of drug-likeness (QED) is 0.173. The van der Waals surface area contributed by atoms with Gasteiger partial charge >= 0.3 is 0 Å². The van der Waals surface area contributed by atoms with Gasteiger partial charge in [-0.2, -0.15) is 0 Å². The van der Waals surface area contributed by atoms with Crippen LogP contribution in [0.25, 0.3) is 0 Å². The number of likely N-dealkylation sites (tertiary alicyclic amines) is 1. The van der Waals surface area contributed by atoms with Crippen molar-refractivity contribution in [3.63, 3.8) is 0 Å². The lowest BCUT2D eigenvalue weighted by Gasteiger charge is -2.31. The summed E-state index contributed by atoms with van der Waals surface area (Å²) in [6.45, 7) is 15.7. The van der Waals surface area contributed by atoms with Crippen molar-refractivity contribution >= 4 is 29.9 Å². The minimum Gasteiger partial charge on any atom is -0.444 e. The van der Waals surface area contributed by atoms with Crippen LogP contribution < -0.4 is 10.6 Å². The number of aryl methyl sites for hydroxylation is 2. The lowest BCUT2D eigenvalue weighted by molar-refractivity contribution is 0.107. The molecule has 1 aromatic rings. The van der Waals surface area contributed by atoms with Gasteiger partial charge in [0, 0.05) is 32.8 Å². The summed E-state index contributed by atoms with van der Waals surface area (Å²) in [4.78, 5) is 12.0. The number of rotatable bonds is 11. The van der Waals surface area contributed by atoms with E-state index in [1.54, 1.807) is 0 Å². The normalized spacial score (nSPS) is 19.5. The molecule has 1 saturated heterocycles. The molecule has 0 unspecified atom stereocenters. The lowest BCUT2D eigenvalue weighted by Crippen LogP contribution is -2.43. The Morgan fingerprint density at radius 1 is 1.18 bits per heavy atom. The van der Waals surface area contributed by atoms with Crippen molar-refractivity contribution in [1.82, 2.24) is 20.5 Å². The number of guanidine groups is 1. The number of hydrogen-bond donors (Lipinski definition) is 2. The Bertz CT molecular complexity index is 690. The maximum absolute atomic E-state index is 5.76. The SMILES string of the molecule is CCNC(=NCC1(CCOCC)CCCC1)NCC1CCN(Cc2nc(C)c(C)o2)CC1.I. The third-order valence-corrected chi connectivity index (χ3v) is 7.26. The van der Waals surface area contributed by atoms with Gasteiger partial charge in [0.2, 0.25) is 5.89 Å². The summed E-state index contributed by atoms with van der Waals surface area (Å²) in [6, 6.07) is 0. The van der Waals surface area contributed by atoms with Gasteiger partial charge in [0.1, 0.15) is 5.76 Å². The molecule has 0 amide bonds. The Kier molecular flexibility index (Phi) is 12.5. The smallest absolute Gasteiger partial charge is 0.208 e. The molecule has 7 nitrogen and oxygen atoms in total. The topological polar surface area (TPSA) is 74.9 Å². The van der Waals surface area contributed by atoms with E-state index in [2.05, 4.69) is 34.4 Å². The van der Waals surface area contributed by atoms with Crippen LogP contribution in [-0.4, -0.2) is 61.8 Å². The summed E-state index contributed by atoms with van der Waals surface area (Å²) in [6.07, 6.45) is 8.75. The molecule has 190 valence electrons. The Morgan fingerprint density at radius 3 is 2.52 bits per heavy atom. The Balaban J connectivity index is 0.00000385. The van der Waals surface area contributed by atoms with Gasteiger partial charge in [-0.15, -0.1) is 24.0 Å². The zero-order valence-corrected chi connectivity index (χ0v) is 23.6. The average Bonchev–Trinajstić information content (AvgIpc) is 3.38. The molecule has 33 heavy (non-hydrogen) atoms. The fraction of sp³-hybridized carbons (Fsp3) is 0.840. The first-order valence-electron chi connectivity index (χ1n) is 12.8. The second-order valence-electron chi connectivity index (χ2n) is 9.70. The molecule has 1 aliphatic carbocycles. The van der Waals surface area contributed by atoms with E-state index in [1.807, 2.05) is 13.8 Å². The lowest BCUT2D eigenvalue weighted by atomic mass is 9.83. The van der Waals surface area contributed by atoms with Crippen LogP contribution in [0.1, 0.15) is 76.1 Å². The van der Waals surface area contributed by atoms with Gasteiger partial charge in [-0.05, 0) is 84.2 Å². The van der Waals surface area contributed by atoms with E-state index in [-0.39, 0.29) is 24.0 Å². The molecule has 0 atom stereocenters. The maximum Gasteiger partial charge on any atom is 0.208 e. The molecular weight excluding hydrogens is 529 g/mol. The van der Waals surface area contributed by atoms with Crippen LogP contribution in [0.15, 0.2) is 9.41 Å². The first-order valence-corrected chi connectivity index (χ1v) is 12.8. The Morgan fingerprint density at radius 2 is 1.91 bits per heavy atom. The molecule has 2 aliphatic rings. The summed E-state index contributed by atoms with van der Waals surface area (Å²) in [5, 5.41) is 7.09. The fourth-order valence-corrected chi connectivity index (χ4v) is 5.02. The molecule has 2 heterocycles. The number of nitrogens with zero attached hydrogens (tertiary/aromatic N) is 3. The number of aromatic nitrogens is 1. The highest BCUT2D eigenvalue weighted by Crippen LogP contribution is 2.41. The van der Waals surface area contributed by atoms with Crippen LogP contribution in [0.4, 0.5) is 0 Å². The predicted molar refractivity (Wildman–Crippen MR) is 145 cm³/mol. The molecule has 8 heteroatoms. The minimum atomic E-state index is 0. The van der Waals surface area contributed by atoms with Gasteiger partial charge in [-0.3, -0.25) is 9.89 Å². The van der Waals surface area contributed by atoms with E-state index in [4.69, 9.17) is 14.1 Å². The monoisotopic (exact) mass is 575 g/mol. The van der Waals surface area contributed by atoms with Crippen LogP contribution in [0, 0.1) is 25.2 Å². The van der Waals surface area contributed by atoms with Crippen LogP contribution in [-0.2, 0) is 11.3 Å². The zero-order valence-electron chi connectivity index (χ0n) is 21.3. The molecule has 2 N–H and O–H groups in total. The zero-order chi connectivity index (χ0) is 22.8. The van der Waals surface area contributed by atoms with Gasteiger partial charge in [0.15, 0.2) is 5.96 Å². The minimum absolute atomic E-state index is 0. The largest absolute Gasteiger partial charge is 0.444 e. The Labute approximate surface area is 217 Å². The Hall–Kier alpha value is -0.870. The number of oxazole rings is 1. The van der Waals surface area contributed by atoms with E-state index < -0.39 is 0 Å². The van der Waals surface area contributed by atoms with E-state index in [9.17, 15) is 0 Å². The molecule has 0 bridgehead atoms. The molecular formula is C25H46IN5O2. The van der Waals surface area contributed by atoms with Crippen molar-refractivity contribution in [2.45, 2.75) is 79.2 Å². The van der Waals surface area contributed by atoms with Crippen LogP contribution >= 0.6 is 24.0 Å². The summed E-state index contributed by atoms with van der Waals surface area (Å²) in [7, 11) is 0. The molecule has 2 fully saturated rings. The van der Waals surface area contributed by atoms with Crippen LogP contribution in [0.3, 0.4) is 0 Å². The van der Waals surface area contributed by atoms with E-state index >= 15 is 0 Å². The van der Waals surface area contributed by atoms with Crippen LogP contribution in [0.2, 0.25) is 0 Å². The second kappa shape index (κ2) is 14.5. The molecule has 1 aromatic heterocycles. The highest BCUT2D eigenvalue weighted by molar-refractivity contribution is 14.0. The molecule has 0 radical (unpaired) electrons. The standard InChI is InChI=1S/C25H45N5O2.HI/c1-5-26-24(28-19-25(11-7-8-12-25)13-16-31-6-2)27-17-22-9-14-30(15-10-22)18-23-29-20(3)21(4)32-23;/h22H,5-19H2,1-4H3,(H2,26,27,28);1H. The van der Waals surface area contributed by atoms with Gasteiger partial charge in [-0.25, -0.2) is 4.98 Å². The maximum atomic E-state index is 5.76. The predicted octanol–water partition coefficient (Wildman–Crippen LogP) is 4.66. The second-order valence-corrected chi connectivity index (χ2v) is 9.70. The van der Waals surface area contributed by atoms with Crippen molar-refractivity contribution < 1.29 is 9.15 Å². The van der Waals surface area contributed by atoms with E-state index in [0.29, 0.717) is 11.3 Å². The number of piperidine rings is 1. The third kappa shape index (κ3) is 9.02. The van der Waals surface area contributed by atoms with Crippen molar-refractivity contribution in [2.75, 3.05) is 45.9 Å². The summed E-state index contributed by atoms with van der Waals surface area (Å²) < 4.78 is 11.4. The van der Waals surface area contributed by atoms with Gasteiger partial charge < -0.3 is 19.8 Å². The molecule has 1 saturated carbocycles. The summed E-state index contributed by atoms with van der Waals surface area (Å²) in [5.41, 5.74) is 1.34. The van der Waals surface area contributed by atoms with Crippen LogP contribution in [0.5, 0.6) is 0 Å². The number of hydrogen-bond acceptors (Lipinski definition) is 5. The first kappa shape index (κ1) is 28.4. The molecule has 1 aliphatic heterocycles. The summed E-state index contributed by atoms with van der Waals surface area (Å²) >= 11 is 0. The van der Waals surface area contributed by atoms with Crippen molar-refractivity contribution in [3.8, 4) is 0 Å². The molecule has 0 spiro atoms. The number of ether oxygens (including phenoxy) is 1. The highest BCUT2D eigenvalue weighted by atomic mass is 127. The van der Waals surface area contributed by atoms with Gasteiger partial charge in [0.25, 0.3) is 0 Å². The molecule has 3 rings (SSSR count). The number of aliphatic imine (C=N–C) groups is 1. The van der Waals surface area contributed by atoms with Crippen molar-refractivity contribution in [3.05, 3.63) is 17.3 Å². The molecule has 0 aromatic carbocycles. The highest BCUT2D eigenvalue weighted by Gasteiger charge is 2.33. The van der Waals surface area contributed by atoms with Gasteiger partial charge in [-0.1, -0.05) is 12.8 Å². The van der Waals surface area contributed by atoms with Crippen molar-refractivity contribution in [1.29, 1.82) is 0 Å². The third-order valence-electron chi connectivity index (χ3n) is 7.26. The van der Waals surface area contributed by atoms with E-state index in [0.717, 1.165) is 82.2 Å². The van der Waals surface area contributed by atoms with Crippen molar-refractivity contribution in [2.24, 2.45) is 16.3 Å². The number of nitrogens with one attached hydrogen (secondary N) is 2. The van der Waals surface area contributed by atoms with Gasteiger partial charge in [0.05, 0.1) is 12.2 Å². The number of halogens is 1.